The molecule has 0 amide bonds. The van der Waals surface area contributed by atoms with Crippen molar-refractivity contribution in [3.8, 4) is 0 Å². The lowest BCUT2D eigenvalue weighted by molar-refractivity contribution is 0.573. The molecule has 0 spiro atoms. The highest BCUT2D eigenvalue weighted by Gasteiger charge is 2.25. The van der Waals surface area contributed by atoms with Crippen LogP contribution in [0.4, 0.5) is 11.6 Å². The monoisotopic (exact) mass is 310 g/mol. The lowest BCUT2D eigenvalue weighted by Gasteiger charge is -2.30. The lowest BCUT2D eigenvalue weighted by atomic mass is 10.0. The minimum atomic E-state index is 0.280. The van der Waals surface area contributed by atoms with Crippen LogP contribution >= 0.6 is 11.8 Å². The summed E-state index contributed by atoms with van der Waals surface area (Å²) in [7, 11) is 0. The number of thioether (sulfide) groups is 1. The average molecular weight is 311 g/mol. The van der Waals surface area contributed by atoms with Gasteiger partial charge in [0.2, 0.25) is 0 Å². The van der Waals surface area contributed by atoms with Gasteiger partial charge in [-0.3, -0.25) is 0 Å². The third kappa shape index (κ3) is 4.50. The Morgan fingerprint density at radius 1 is 1.00 bits per heavy atom. The Labute approximate surface area is 133 Å². The number of anilines is 2. The first-order chi connectivity index (χ1) is 10.1. The zero-order valence-electron chi connectivity index (χ0n) is 14.3. The smallest absolute Gasteiger partial charge is 0.134 e. The summed E-state index contributed by atoms with van der Waals surface area (Å²) in [6.45, 7) is 12.6. The average Bonchev–Trinajstić information content (AvgIpc) is 2.52. The molecule has 1 aromatic heterocycles. The Hall–Kier alpha value is -0.970. The Kier molecular flexibility index (Phi) is 7.29. The predicted octanol–water partition coefficient (Wildman–Crippen LogP) is 4.11. The minimum Gasteiger partial charge on any atom is -0.370 e. The van der Waals surface area contributed by atoms with Crippen LogP contribution in [-0.4, -0.2) is 34.1 Å². The van der Waals surface area contributed by atoms with Crippen molar-refractivity contribution in [2.75, 3.05) is 30.0 Å². The van der Waals surface area contributed by atoms with Gasteiger partial charge < -0.3 is 10.6 Å². The van der Waals surface area contributed by atoms with Crippen molar-refractivity contribution in [2.45, 2.75) is 58.6 Å². The number of nitrogens with one attached hydrogen (secondary N) is 2. The fourth-order valence-corrected chi connectivity index (χ4v) is 3.13. The molecular formula is C16H30N4S. The second-order valence-corrected chi connectivity index (χ2v) is 6.57. The molecule has 0 aliphatic heterocycles. The van der Waals surface area contributed by atoms with E-state index in [9.17, 15) is 0 Å². The van der Waals surface area contributed by atoms with Crippen molar-refractivity contribution >= 4 is 23.4 Å². The zero-order chi connectivity index (χ0) is 15.9. The van der Waals surface area contributed by atoms with Gasteiger partial charge in [0, 0.05) is 29.8 Å². The largest absolute Gasteiger partial charge is 0.370 e. The van der Waals surface area contributed by atoms with Gasteiger partial charge in [-0.1, -0.05) is 20.8 Å². The molecule has 5 heteroatoms. The summed E-state index contributed by atoms with van der Waals surface area (Å²) in [6, 6.07) is 0. The van der Waals surface area contributed by atoms with E-state index in [-0.39, 0.29) is 4.75 Å². The van der Waals surface area contributed by atoms with E-state index in [1.165, 1.54) is 0 Å². The van der Waals surface area contributed by atoms with E-state index in [1.807, 2.05) is 11.8 Å². The maximum Gasteiger partial charge on any atom is 0.134 e. The molecule has 0 unspecified atom stereocenters. The molecule has 1 aromatic rings. The van der Waals surface area contributed by atoms with E-state index in [1.54, 1.807) is 0 Å². The molecule has 1 heterocycles. The van der Waals surface area contributed by atoms with E-state index in [4.69, 9.17) is 0 Å². The van der Waals surface area contributed by atoms with Gasteiger partial charge in [0.05, 0.1) is 0 Å². The van der Waals surface area contributed by atoms with Crippen LogP contribution in [0.2, 0.25) is 0 Å². The van der Waals surface area contributed by atoms with Crippen molar-refractivity contribution < 1.29 is 0 Å². The highest BCUT2D eigenvalue weighted by Crippen LogP contribution is 2.31. The number of nitrogens with zero attached hydrogens (tertiary/aromatic N) is 2. The van der Waals surface area contributed by atoms with Gasteiger partial charge in [0.15, 0.2) is 0 Å². The van der Waals surface area contributed by atoms with Gasteiger partial charge in [-0.25, -0.2) is 9.97 Å². The summed E-state index contributed by atoms with van der Waals surface area (Å²) in [4.78, 5) is 9.25. The highest BCUT2D eigenvalue weighted by atomic mass is 32.2. The molecule has 0 atom stereocenters. The second kappa shape index (κ2) is 8.47. The first-order valence-corrected chi connectivity index (χ1v) is 9.18. The molecule has 4 nitrogen and oxygen atoms in total. The molecule has 0 bridgehead atoms. The van der Waals surface area contributed by atoms with Crippen molar-refractivity contribution in [1.29, 1.82) is 0 Å². The van der Waals surface area contributed by atoms with Crippen molar-refractivity contribution in [3.05, 3.63) is 11.4 Å². The van der Waals surface area contributed by atoms with E-state index >= 15 is 0 Å². The van der Waals surface area contributed by atoms with Crippen LogP contribution in [0.15, 0.2) is 0 Å². The minimum absolute atomic E-state index is 0.280. The summed E-state index contributed by atoms with van der Waals surface area (Å²) >= 11 is 1.95. The molecule has 0 saturated heterocycles. The van der Waals surface area contributed by atoms with Crippen LogP contribution in [0, 0.1) is 6.92 Å². The highest BCUT2D eigenvalue weighted by molar-refractivity contribution is 8.00. The topological polar surface area (TPSA) is 49.8 Å². The fraction of sp³-hybridized carbons (Fsp3) is 0.750. The van der Waals surface area contributed by atoms with Gasteiger partial charge >= 0.3 is 0 Å². The Bertz CT molecular complexity index is 436. The van der Waals surface area contributed by atoms with E-state index in [0.717, 1.165) is 55.4 Å². The third-order valence-electron chi connectivity index (χ3n) is 4.15. The third-order valence-corrected chi connectivity index (χ3v) is 5.74. The number of aromatic nitrogens is 2. The molecule has 0 saturated carbocycles. The number of hydrogen-bond donors (Lipinski definition) is 2. The molecule has 2 N–H and O–H groups in total. The van der Waals surface area contributed by atoms with Crippen LogP contribution < -0.4 is 10.6 Å². The van der Waals surface area contributed by atoms with Crippen LogP contribution in [0.5, 0.6) is 0 Å². The van der Waals surface area contributed by atoms with Gasteiger partial charge in [-0.05, 0) is 32.9 Å². The van der Waals surface area contributed by atoms with E-state index < -0.39 is 0 Å². The maximum atomic E-state index is 4.67. The predicted molar refractivity (Wildman–Crippen MR) is 95.6 cm³/mol. The zero-order valence-corrected chi connectivity index (χ0v) is 15.2. The SMILES string of the molecule is CCNc1nc(CC)nc(NCC(CC)(CC)SC)c1C. The summed E-state index contributed by atoms with van der Waals surface area (Å²) in [6.07, 6.45) is 5.36. The number of rotatable bonds is 9. The molecule has 1 rings (SSSR count). The molecule has 0 radical (unpaired) electrons. The normalized spacial score (nSPS) is 11.5. The molecule has 0 aliphatic rings. The van der Waals surface area contributed by atoms with Crippen LogP contribution in [0.25, 0.3) is 0 Å². The van der Waals surface area contributed by atoms with Gasteiger partial charge in [-0.2, -0.15) is 11.8 Å². The molecule has 120 valence electrons. The van der Waals surface area contributed by atoms with Crippen molar-refractivity contribution in [2.24, 2.45) is 0 Å². The first kappa shape index (κ1) is 18.1. The molecule has 0 fully saturated rings. The standard InChI is InChI=1S/C16H30N4S/c1-7-13-19-14(17-10-4)12(5)15(20-13)18-11-16(8-2,9-3)21-6/h7-11H2,1-6H3,(H2,17,18,19,20). The van der Waals surface area contributed by atoms with Crippen LogP contribution in [0.3, 0.4) is 0 Å². The van der Waals surface area contributed by atoms with Crippen LogP contribution in [0.1, 0.15) is 51.9 Å². The summed E-state index contributed by atoms with van der Waals surface area (Å²) < 4.78 is 0.280. The summed E-state index contributed by atoms with van der Waals surface area (Å²) in [5.74, 6) is 2.81. The Balaban J connectivity index is 2.99. The van der Waals surface area contributed by atoms with Crippen molar-refractivity contribution in [3.63, 3.8) is 0 Å². The fourth-order valence-electron chi connectivity index (χ4n) is 2.34. The second-order valence-electron chi connectivity index (χ2n) is 5.29. The van der Waals surface area contributed by atoms with E-state index in [2.05, 4.69) is 61.5 Å². The van der Waals surface area contributed by atoms with Crippen molar-refractivity contribution in [1.82, 2.24) is 9.97 Å². The quantitative estimate of drug-likeness (QED) is 0.719. The lowest BCUT2D eigenvalue weighted by Crippen LogP contribution is -2.32. The van der Waals surface area contributed by atoms with Gasteiger partial charge in [0.1, 0.15) is 17.5 Å². The number of hydrogen-bond acceptors (Lipinski definition) is 5. The summed E-state index contributed by atoms with van der Waals surface area (Å²) in [5, 5.41) is 6.90. The molecule has 0 aliphatic carbocycles. The number of aryl methyl sites for hydroxylation is 1. The maximum absolute atomic E-state index is 4.67. The van der Waals surface area contributed by atoms with Gasteiger partial charge in [-0.15, -0.1) is 0 Å². The van der Waals surface area contributed by atoms with Gasteiger partial charge in [0.25, 0.3) is 0 Å². The molecular weight excluding hydrogens is 280 g/mol. The Morgan fingerprint density at radius 3 is 2.00 bits per heavy atom. The summed E-state index contributed by atoms with van der Waals surface area (Å²) in [5.41, 5.74) is 1.11. The Morgan fingerprint density at radius 2 is 1.57 bits per heavy atom. The van der Waals surface area contributed by atoms with E-state index in [0.29, 0.717) is 0 Å². The van der Waals surface area contributed by atoms with Crippen LogP contribution in [-0.2, 0) is 6.42 Å². The first-order valence-electron chi connectivity index (χ1n) is 7.96. The molecule has 21 heavy (non-hydrogen) atoms. The molecule has 0 aromatic carbocycles.